The summed E-state index contributed by atoms with van der Waals surface area (Å²) < 4.78 is 0. The summed E-state index contributed by atoms with van der Waals surface area (Å²) in [6.45, 7) is 3.59. The fraction of sp³-hybridized carbons (Fsp3) is 0.500. The third kappa shape index (κ3) is 1.75. The Morgan fingerprint density at radius 2 is 1.59 bits per heavy atom. The zero-order chi connectivity index (χ0) is 11.9. The van der Waals surface area contributed by atoms with Gasteiger partial charge in [-0.05, 0) is 62.0 Å². The van der Waals surface area contributed by atoms with Gasteiger partial charge in [0.1, 0.15) is 0 Å². The number of hydrogen-bond donors (Lipinski definition) is 1. The Morgan fingerprint density at radius 3 is 2.06 bits per heavy atom. The SMILES string of the molecule is O=C(O)c1ccc(C23CCN(CC2)CC3)cc1. The lowest BCUT2D eigenvalue weighted by atomic mass is 9.67. The van der Waals surface area contributed by atoms with Gasteiger partial charge in [0.25, 0.3) is 0 Å². The first-order valence-electron chi connectivity index (χ1n) is 6.26. The van der Waals surface area contributed by atoms with Crippen LogP contribution in [0.15, 0.2) is 24.3 Å². The topological polar surface area (TPSA) is 40.5 Å². The highest BCUT2D eigenvalue weighted by Gasteiger charge is 2.40. The smallest absolute Gasteiger partial charge is 0.335 e. The second kappa shape index (κ2) is 3.84. The minimum absolute atomic E-state index is 0.325. The van der Waals surface area contributed by atoms with Crippen LogP contribution in [0.5, 0.6) is 0 Å². The van der Waals surface area contributed by atoms with Gasteiger partial charge in [-0.15, -0.1) is 0 Å². The number of fused-ring (bicyclic) bond motifs is 3. The van der Waals surface area contributed by atoms with Crippen molar-refractivity contribution in [3.8, 4) is 0 Å². The number of benzene rings is 1. The lowest BCUT2D eigenvalue weighted by molar-refractivity contribution is 0.0696. The Hall–Kier alpha value is -1.35. The van der Waals surface area contributed by atoms with Crippen molar-refractivity contribution in [2.75, 3.05) is 19.6 Å². The van der Waals surface area contributed by atoms with Crippen LogP contribution in [0.2, 0.25) is 0 Å². The number of carbonyl (C=O) groups is 1. The maximum absolute atomic E-state index is 10.8. The first kappa shape index (κ1) is 10.8. The van der Waals surface area contributed by atoms with Crippen molar-refractivity contribution in [3.05, 3.63) is 35.4 Å². The van der Waals surface area contributed by atoms with Crippen molar-refractivity contribution in [1.82, 2.24) is 4.90 Å². The Kier molecular flexibility index (Phi) is 2.44. The standard InChI is InChI=1S/C14H17NO2/c16-13(17)11-1-3-12(4-2-11)14-5-8-15(9-6-14)10-7-14/h1-4H,5-10H2,(H,16,17). The minimum Gasteiger partial charge on any atom is -0.478 e. The van der Waals surface area contributed by atoms with Crippen LogP contribution in [0.25, 0.3) is 0 Å². The van der Waals surface area contributed by atoms with E-state index in [0.29, 0.717) is 11.0 Å². The van der Waals surface area contributed by atoms with Gasteiger partial charge in [-0.2, -0.15) is 0 Å². The molecule has 0 unspecified atom stereocenters. The molecule has 3 saturated heterocycles. The lowest BCUT2D eigenvalue weighted by Crippen LogP contribution is -2.50. The van der Waals surface area contributed by atoms with Crippen molar-refractivity contribution < 1.29 is 9.90 Å². The average molecular weight is 231 g/mol. The van der Waals surface area contributed by atoms with E-state index in [-0.39, 0.29) is 0 Å². The molecule has 3 heterocycles. The first-order valence-corrected chi connectivity index (χ1v) is 6.26. The number of carboxylic acid groups (broad SMARTS) is 1. The van der Waals surface area contributed by atoms with E-state index in [0.717, 1.165) is 0 Å². The third-order valence-electron chi connectivity index (χ3n) is 4.46. The van der Waals surface area contributed by atoms with E-state index in [1.165, 1.54) is 44.5 Å². The predicted octanol–water partition coefficient (Wildman–Crippen LogP) is 2.12. The summed E-state index contributed by atoms with van der Waals surface area (Å²) in [5, 5.41) is 8.91. The van der Waals surface area contributed by atoms with Crippen LogP contribution >= 0.6 is 0 Å². The highest BCUT2D eigenvalue weighted by Crippen LogP contribution is 2.42. The van der Waals surface area contributed by atoms with E-state index in [4.69, 9.17) is 5.11 Å². The second-order valence-electron chi connectivity index (χ2n) is 5.25. The van der Waals surface area contributed by atoms with Gasteiger partial charge in [-0.1, -0.05) is 12.1 Å². The molecule has 1 aromatic rings. The number of carboxylic acids is 1. The van der Waals surface area contributed by atoms with E-state index in [1.54, 1.807) is 12.1 Å². The normalized spacial score (nSPS) is 31.4. The zero-order valence-corrected chi connectivity index (χ0v) is 9.85. The van der Waals surface area contributed by atoms with E-state index in [1.807, 2.05) is 12.1 Å². The number of aromatic carboxylic acids is 1. The average Bonchev–Trinajstić information content (AvgIpc) is 2.41. The number of hydrogen-bond acceptors (Lipinski definition) is 2. The summed E-state index contributed by atoms with van der Waals surface area (Å²) in [7, 11) is 0. The van der Waals surface area contributed by atoms with Crippen LogP contribution in [0.4, 0.5) is 0 Å². The molecule has 1 N–H and O–H groups in total. The molecule has 3 aliphatic heterocycles. The molecule has 4 rings (SSSR count). The number of nitrogens with zero attached hydrogens (tertiary/aromatic N) is 1. The molecule has 1 aromatic carbocycles. The summed E-state index contributed by atoms with van der Waals surface area (Å²) in [6, 6.07) is 7.52. The van der Waals surface area contributed by atoms with Crippen molar-refractivity contribution in [2.45, 2.75) is 24.7 Å². The maximum atomic E-state index is 10.8. The summed E-state index contributed by atoms with van der Waals surface area (Å²) in [6.07, 6.45) is 3.66. The molecule has 2 bridgehead atoms. The summed E-state index contributed by atoms with van der Waals surface area (Å²) in [4.78, 5) is 13.4. The summed E-state index contributed by atoms with van der Waals surface area (Å²) in [5.41, 5.74) is 2.05. The van der Waals surface area contributed by atoms with Crippen molar-refractivity contribution >= 4 is 5.97 Å². The van der Waals surface area contributed by atoms with Gasteiger partial charge in [0, 0.05) is 0 Å². The van der Waals surface area contributed by atoms with Crippen LogP contribution in [-0.4, -0.2) is 35.6 Å². The summed E-state index contributed by atoms with van der Waals surface area (Å²) >= 11 is 0. The minimum atomic E-state index is -0.840. The van der Waals surface area contributed by atoms with Crippen LogP contribution in [-0.2, 0) is 5.41 Å². The van der Waals surface area contributed by atoms with Crippen molar-refractivity contribution in [2.24, 2.45) is 0 Å². The highest BCUT2D eigenvalue weighted by atomic mass is 16.4. The third-order valence-corrected chi connectivity index (χ3v) is 4.46. The molecular formula is C14H17NO2. The van der Waals surface area contributed by atoms with Crippen molar-refractivity contribution in [3.63, 3.8) is 0 Å². The van der Waals surface area contributed by atoms with E-state index in [9.17, 15) is 4.79 Å². The molecule has 0 atom stereocenters. The van der Waals surface area contributed by atoms with Gasteiger partial charge in [-0.25, -0.2) is 4.79 Å². The Balaban J connectivity index is 1.90. The number of rotatable bonds is 2. The molecule has 0 aromatic heterocycles. The Bertz CT molecular complexity index is 416. The van der Waals surface area contributed by atoms with E-state index in [2.05, 4.69) is 4.90 Å². The lowest BCUT2D eigenvalue weighted by Gasteiger charge is -2.48. The highest BCUT2D eigenvalue weighted by molar-refractivity contribution is 5.87. The van der Waals surface area contributed by atoms with Crippen molar-refractivity contribution in [1.29, 1.82) is 0 Å². The molecule has 0 aliphatic carbocycles. The van der Waals surface area contributed by atoms with Crippen LogP contribution in [0.3, 0.4) is 0 Å². The molecule has 90 valence electrons. The quantitative estimate of drug-likeness (QED) is 0.847. The largest absolute Gasteiger partial charge is 0.478 e. The predicted molar refractivity (Wildman–Crippen MR) is 65.4 cm³/mol. The molecule has 3 heteroatoms. The molecule has 3 aliphatic rings. The number of piperidine rings is 3. The molecule has 17 heavy (non-hydrogen) atoms. The molecule has 3 fully saturated rings. The fourth-order valence-electron chi connectivity index (χ4n) is 3.23. The molecule has 0 saturated carbocycles. The molecule has 0 radical (unpaired) electrons. The van der Waals surface area contributed by atoms with Crippen LogP contribution in [0, 0.1) is 0 Å². The molecular weight excluding hydrogens is 214 g/mol. The van der Waals surface area contributed by atoms with Gasteiger partial charge < -0.3 is 10.0 Å². The van der Waals surface area contributed by atoms with E-state index >= 15 is 0 Å². The Morgan fingerprint density at radius 1 is 1.06 bits per heavy atom. The Labute approximate surface area is 101 Å². The van der Waals surface area contributed by atoms with Crippen LogP contribution in [0.1, 0.15) is 35.2 Å². The van der Waals surface area contributed by atoms with Gasteiger partial charge in [0.2, 0.25) is 0 Å². The fourth-order valence-corrected chi connectivity index (χ4v) is 3.23. The maximum Gasteiger partial charge on any atom is 0.335 e. The van der Waals surface area contributed by atoms with Gasteiger partial charge in [0.05, 0.1) is 5.56 Å². The molecule has 0 spiro atoms. The second-order valence-corrected chi connectivity index (χ2v) is 5.25. The molecule has 3 nitrogen and oxygen atoms in total. The zero-order valence-electron chi connectivity index (χ0n) is 9.85. The van der Waals surface area contributed by atoms with Crippen LogP contribution < -0.4 is 0 Å². The molecule has 0 amide bonds. The van der Waals surface area contributed by atoms with Gasteiger partial charge >= 0.3 is 5.97 Å². The van der Waals surface area contributed by atoms with E-state index < -0.39 is 5.97 Å². The van der Waals surface area contributed by atoms with Gasteiger partial charge in [-0.3, -0.25) is 0 Å². The van der Waals surface area contributed by atoms with Gasteiger partial charge in [0.15, 0.2) is 0 Å². The first-order chi connectivity index (χ1) is 8.20. The monoisotopic (exact) mass is 231 g/mol. The summed E-state index contributed by atoms with van der Waals surface area (Å²) in [5.74, 6) is -0.840.